The molecule has 0 aliphatic carbocycles. The van der Waals surface area contributed by atoms with Gasteiger partial charge >= 0.3 is 6.09 Å². The van der Waals surface area contributed by atoms with Crippen molar-refractivity contribution in [2.75, 3.05) is 11.9 Å². The predicted octanol–water partition coefficient (Wildman–Crippen LogP) is 4.85. The lowest BCUT2D eigenvalue weighted by atomic mass is 10.0. The molecule has 4 amide bonds. The Kier molecular flexibility index (Phi) is 12.0. The monoisotopic (exact) mass is 538 g/mol. The van der Waals surface area contributed by atoms with Crippen LogP contribution in [0.25, 0.3) is 0 Å². The van der Waals surface area contributed by atoms with Gasteiger partial charge in [0.1, 0.15) is 17.7 Å². The van der Waals surface area contributed by atoms with Crippen molar-refractivity contribution in [2.45, 2.75) is 84.4 Å². The van der Waals surface area contributed by atoms with Crippen molar-refractivity contribution in [1.82, 2.24) is 10.2 Å². The Morgan fingerprint density at radius 1 is 0.974 bits per heavy atom. The van der Waals surface area contributed by atoms with E-state index in [1.807, 2.05) is 50.2 Å². The first-order chi connectivity index (χ1) is 18.4. The third kappa shape index (κ3) is 10.4. The Morgan fingerprint density at radius 3 is 2.21 bits per heavy atom. The van der Waals surface area contributed by atoms with Crippen LogP contribution in [0.3, 0.4) is 0 Å². The van der Waals surface area contributed by atoms with Gasteiger partial charge in [0.25, 0.3) is 5.91 Å². The fourth-order valence-corrected chi connectivity index (χ4v) is 4.12. The molecule has 9 nitrogen and oxygen atoms in total. The van der Waals surface area contributed by atoms with E-state index in [4.69, 9.17) is 10.5 Å². The number of benzene rings is 2. The second-order valence-corrected chi connectivity index (χ2v) is 10.6. The molecule has 39 heavy (non-hydrogen) atoms. The van der Waals surface area contributed by atoms with Gasteiger partial charge < -0.3 is 26.0 Å². The molecule has 2 atom stereocenters. The van der Waals surface area contributed by atoms with Crippen molar-refractivity contribution in [3.05, 3.63) is 65.7 Å². The molecular formula is C30H42N4O5. The lowest BCUT2D eigenvalue weighted by Crippen LogP contribution is -2.52. The molecule has 0 heterocycles. The number of nitrogens with one attached hydrogen (secondary N) is 2. The number of alkyl carbamates (subject to hydrolysis) is 1. The smallest absolute Gasteiger partial charge is 0.408 e. The molecule has 2 rings (SSSR count). The van der Waals surface area contributed by atoms with Crippen LogP contribution in [-0.4, -0.2) is 46.9 Å². The highest BCUT2D eigenvalue weighted by Crippen LogP contribution is 2.26. The Hall–Kier alpha value is -3.88. The number of nitrogens with two attached hydrogens (primary N) is 1. The van der Waals surface area contributed by atoms with Crippen molar-refractivity contribution in [3.8, 4) is 0 Å². The standard InChI is InChI=1S/C30H42N4O5/c1-6-7-13-20-34(28(37)24(18-19-25(31)35)33-29(38)39-30(3,4)5)26(22-15-9-8-10-16-22)27(36)32-23-17-12-11-14-21(23)2/h8-12,14-17,24,26H,6-7,13,18-20H2,1-5H3,(H2,31,35)(H,32,36)(H,33,38). The molecule has 2 unspecified atom stereocenters. The Morgan fingerprint density at radius 2 is 1.62 bits per heavy atom. The molecule has 0 bridgehead atoms. The number of rotatable bonds is 13. The molecule has 2 aromatic carbocycles. The van der Waals surface area contributed by atoms with E-state index in [9.17, 15) is 19.2 Å². The molecule has 4 N–H and O–H groups in total. The Labute approximate surface area is 231 Å². The maximum atomic E-state index is 14.1. The summed E-state index contributed by atoms with van der Waals surface area (Å²) in [5.41, 5.74) is 6.73. The van der Waals surface area contributed by atoms with E-state index in [-0.39, 0.29) is 25.3 Å². The summed E-state index contributed by atoms with van der Waals surface area (Å²) in [4.78, 5) is 53.7. The lowest BCUT2D eigenvalue weighted by molar-refractivity contribution is -0.141. The maximum absolute atomic E-state index is 14.1. The first kappa shape index (κ1) is 31.3. The second kappa shape index (κ2) is 14.9. The number of aryl methyl sites for hydroxylation is 1. The van der Waals surface area contributed by atoms with Gasteiger partial charge in [0.15, 0.2) is 0 Å². The molecule has 0 aliphatic rings. The van der Waals surface area contributed by atoms with Gasteiger partial charge in [-0.2, -0.15) is 0 Å². The topological polar surface area (TPSA) is 131 Å². The van der Waals surface area contributed by atoms with Gasteiger partial charge in [-0.1, -0.05) is 68.3 Å². The molecule has 9 heteroatoms. The molecule has 0 aromatic heterocycles. The molecule has 2 aromatic rings. The predicted molar refractivity (Wildman–Crippen MR) is 152 cm³/mol. The highest BCUT2D eigenvalue weighted by molar-refractivity contribution is 5.99. The molecule has 212 valence electrons. The summed E-state index contributed by atoms with van der Waals surface area (Å²) in [5, 5.41) is 5.59. The Bertz CT molecular complexity index is 1110. The summed E-state index contributed by atoms with van der Waals surface area (Å²) < 4.78 is 5.37. The van der Waals surface area contributed by atoms with Crippen molar-refractivity contribution < 1.29 is 23.9 Å². The van der Waals surface area contributed by atoms with Gasteiger partial charge in [-0.05, 0) is 57.7 Å². The molecular weight excluding hydrogens is 496 g/mol. The highest BCUT2D eigenvalue weighted by Gasteiger charge is 2.36. The fraction of sp³-hybridized carbons (Fsp3) is 0.467. The van der Waals surface area contributed by atoms with Gasteiger partial charge in [-0.15, -0.1) is 0 Å². The summed E-state index contributed by atoms with van der Waals surface area (Å²) in [6.07, 6.45) is 1.46. The minimum Gasteiger partial charge on any atom is -0.444 e. The van der Waals surface area contributed by atoms with Crippen LogP contribution in [0.15, 0.2) is 54.6 Å². The number of carbonyl (C=O) groups is 4. The first-order valence-corrected chi connectivity index (χ1v) is 13.4. The van der Waals surface area contributed by atoms with Gasteiger partial charge in [0.05, 0.1) is 0 Å². The minimum atomic E-state index is -1.12. The van der Waals surface area contributed by atoms with E-state index in [2.05, 4.69) is 10.6 Å². The van der Waals surface area contributed by atoms with Crippen LogP contribution in [0.1, 0.15) is 77.0 Å². The highest BCUT2D eigenvalue weighted by atomic mass is 16.6. The number of unbranched alkanes of at least 4 members (excludes halogenated alkanes) is 2. The van der Waals surface area contributed by atoms with Crippen LogP contribution in [0, 0.1) is 6.92 Å². The quantitative estimate of drug-likeness (QED) is 0.314. The average Bonchev–Trinajstić information content (AvgIpc) is 2.86. The molecule has 0 radical (unpaired) electrons. The summed E-state index contributed by atoms with van der Waals surface area (Å²) in [5.74, 6) is -1.48. The summed E-state index contributed by atoms with van der Waals surface area (Å²) in [6, 6.07) is 14.3. The van der Waals surface area contributed by atoms with Crippen LogP contribution < -0.4 is 16.4 Å². The number of hydrogen-bond donors (Lipinski definition) is 3. The van der Waals surface area contributed by atoms with Crippen LogP contribution in [0.5, 0.6) is 0 Å². The fourth-order valence-electron chi connectivity index (χ4n) is 4.12. The van der Waals surface area contributed by atoms with E-state index in [0.717, 1.165) is 18.4 Å². The zero-order chi connectivity index (χ0) is 29.0. The molecule has 0 saturated carbocycles. The number of carbonyl (C=O) groups excluding carboxylic acids is 4. The van der Waals surface area contributed by atoms with E-state index in [1.54, 1.807) is 39.0 Å². The largest absolute Gasteiger partial charge is 0.444 e. The molecule has 0 spiro atoms. The number of para-hydroxylation sites is 1. The minimum absolute atomic E-state index is 0.0292. The Balaban J connectivity index is 2.50. The van der Waals surface area contributed by atoms with E-state index >= 15 is 0 Å². The number of nitrogens with zero attached hydrogens (tertiary/aromatic N) is 1. The van der Waals surface area contributed by atoms with Crippen LogP contribution in [0.2, 0.25) is 0 Å². The van der Waals surface area contributed by atoms with Crippen molar-refractivity contribution in [2.24, 2.45) is 5.73 Å². The van der Waals surface area contributed by atoms with Crippen molar-refractivity contribution >= 4 is 29.5 Å². The van der Waals surface area contributed by atoms with Gasteiger partial charge in [0, 0.05) is 18.7 Å². The number of hydrogen-bond acceptors (Lipinski definition) is 5. The summed E-state index contributed by atoms with van der Waals surface area (Å²) in [7, 11) is 0. The molecule has 0 fully saturated rings. The zero-order valence-electron chi connectivity index (χ0n) is 23.7. The summed E-state index contributed by atoms with van der Waals surface area (Å²) >= 11 is 0. The van der Waals surface area contributed by atoms with Crippen LogP contribution in [-0.2, 0) is 19.1 Å². The number of primary amides is 1. The first-order valence-electron chi connectivity index (χ1n) is 13.4. The molecule has 0 saturated heterocycles. The SMILES string of the molecule is CCCCCN(C(=O)C(CCC(N)=O)NC(=O)OC(C)(C)C)C(C(=O)Nc1ccccc1C)c1ccccc1. The number of anilines is 1. The van der Waals surface area contributed by atoms with Crippen LogP contribution in [0.4, 0.5) is 10.5 Å². The maximum Gasteiger partial charge on any atom is 0.408 e. The average molecular weight is 539 g/mol. The summed E-state index contributed by atoms with van der Waals surface area (Å²) in [6.45, 7) is 9.35. The number of ether oxygens (including phenoxy) is 1. The zero-order valence-corrected chi connectivity index (χ0v) is 23.7. The normalized spacial score (nSPS) is 12.6. The number of amides is 4. The third-order valence-electron chi connectivity index (χ3n) is 6.03. The molecule has 0 aliphatic heterocycles. The third-order valence-corrected chi connectivity index (χ3v) is 6.03. The van der Waals surface area contributed by atoms with Crippen molar-refractivity contribution in [1.29, 1.82) is 0 Å². The van der Waals surface area contributed by atoms with Gasteiger partial charge in [-0.3, -0.25) is 14.4 Å². The van der Waals surface area contributed by atoms with Crippen LogP contribution >= 0.6 is 0 Å². The van der Waals surface area contributed by atoms with Crippen molar-refractivity contribution in [3.63, 3.8) is 0 Å². The van der Waals surface area contributed by atoms with E-state index < -0.39 is 35.6 Å². The van der Waals surface area contributed by atoms with E-state index in [1.165, 1.54) is 4.90 Å². The van der Waals surface area contributed by atoms with Gasteiger partial charge in [0.2, 0.25) is 11.8 Å². The van der Waals surface area contributed by atoms with E-state index in [0.29, 0.717) is 17.7 Å². The van der Waals surface area contributed by atoms with Gasteiger partial charge in [-0.25, -0.2) is 4.79 Å². The lowest BCUT2D eigenvalue weighted by Gasteiger charge is -2.34. The second-order valence-electron chi connectivity index (χ2n) is 10.6.